The molecule has 3 aliphatic heterocycles. The van der Waals surface area contributed by atoms with Crippen LogP contribution in [0.4, 0.5) is 17.1 Å². The molecule has 2 saturated heterocycles. The Morgan fingerprint density at radius 3 is 2.42 bits per heavy atom. The van der Waals surface area contributed by atoms with Crippen LogP contribution < -0.4 is 14.5 Å². The summed E-state index contributed by atoms with van der Waals surface area (Å²) < 4.78 is 11.8. The highest BCUT2D eigenvalue weighted by Crippen LogP contribution is 2.49. The highest BCUT2D eigenvalue weighted by molar-refractivity contribution is 7.99. The maximum Gasteiger partial charge on any atom is 0.120 e. The Labute approximate surface area is 190 Å². The highest BCUT2D eigenvalue weighted by atomic mass is 32.2. The molecular weight excluding hydrogens is 406 g/mol. The van der Waals surface area contributed by atoms with E-state index in [9.17, 15) is 0 Å². The van der Waals surface area contributed by atoms with Gasteiger partial charge in [0, 0.05) is 54.7 Å². The molecule has 1 spiro atoms. The number of fused-ring (bicyclic) bond motifs is 2. The summed E-state index contributed by atoms with van der Waals surface area (Å²) in [6, 6.07) is 13.8. The van der Waals surface area contributed by atoms with E-state index in [0.717, 1.165) is 51.4 Å². The Balaban J connectivity index is 1.32. The molecule has 2 aromatic rings. The quantitative estimate of drug-likeness (QED) is 0.668. The number of nitrogens with zero attached hydrogens (tertiary/aromatic N) is 3. The van der Waals surface area contributed by atoms with Gasteiger partial charge in [-0.1, -0.05) is 11.8 Å². The van der Waals surface area contributed by atoms with Gasteiger partial charge >= 0.3 is 0 Å². The molecule has 0 atom stereocenters. The molecule has 0 amide bonds. The maximum absolute atomic E-state index is 6.35. The second kappa shape index (κ2) is 8.23. The van der Waals surface area contributed by atoms with Gasteiger partial charge < -0.3 is 19.3 Å². The number of rotatable bonds is 3. The van der Waals surface area contributed by atoms with Gasteiger partial charge in [0.25, 0.3) is 0 Å². The summed E-state index contributed by atoms with van der Waals surface area (Å²) in [4.78, 5) is 9.95. The van der Waals surface area contributed by atoms with E-state index in [-0.39, 0.29) is 5.60 Å². The largest absolute Gasteiger partial charge is 0.497 e. The Morgan fingerprint density at radius 2 is 1.71 bits per heavy atom. The predicted octanol–water partition coefficient (Wildman–Crippen LogP) is 5.01. The molecule has 31 heavy (non-hydrogen) atoms. The van der Waals surface area contributed by atoms with Crippen molar-refractivity contribution in [2.75, 3.05) is 56.7 Å². The van der Waals surface area contributed by atoms with E-state index in [0.29, 0.717) is 6.04 Å². The topological polar surface area (TPSA) is 28.2 Å². The normalized spacial score (nSPS) is 20.7. The van der Waals surface area contributed by atoms with Gasteiger partial charge in [-0.05, 0) is 63.1 Å². The molecule has 0 N–H and O–H groups in total. The number of ether oxygens (including phenoxy) is 2. The fourth-order valence-electron chi connectivity index (χ4n) is 5.08. The van der Waals surface area contributed by atoms with Gasteiger partial charge in [-0.3, -0.25) is 4.90 Å². The Bertz CT molecular complexity index is 956. The lowest BCUT2D eigenvalue weighted by Crippen LogP contribution is -2.58. The van der Waals surface area contributed by atoms with Crippen molar-refractivity contribution in [1.82, 2.24) is 4.90 Å². The predicted molar refractivity (Wildman–Crippen MR) is 128 cm³/mol. The molecule has 2 aromatic carbocycles. The number of methoxy groups -OCH3 is 1. The second-order valence-corrected chi connectivity index (χ2v) is 10.3. The number of morpholine rings is 1. The Kier molecular flexibility index (Phi) is 5.57. The van der Waals surface area contributed by atoms with Crippen molar-refractivity contribution in [3.05, 3.63) is 36.4 Å². The molecular formula is C25H33N3O2S. The molecule has 3 heterocycles. The Hall–Kier alpha value is -1.89. The van der Waals surface area contributed by atoms with E-state index in [1.807, 2.05) is 17.8 Å². The van der Waals surface area contributed by atoms with Crippen LogP contribution in [0, 0.1) is 0 Å². The number of piperidine rings is 1. The fraction of sp³-hybridized carbons (Fsp3) is 0.520. The van der Waals surface area contributed by atoms with Crippen molar-refractivity contribution in [1.29, 1.82) is 0 Å². The molecule has 0 radical (unpaired) electrons. The fourth-order valence-corrected chi connectivity index (χ4v) is 6.29. The average molecular weight is 440 g/mol. The molecule has 2 fully saturated rings. The lowest BCUT2D eigenvalue weighted by Gasteiger charge is -2.49. The van der Waals surface area contributed by atoms with Crippen molar-refractivity contribution >= 4 is 28.8 Å². The zero-order valence-electron chi connectivity index (χ0n) is 19.1. The molecule has 0 aliphatic carbocycles. The second-order valence-electron chi connectivity index (χ2n) is 9.23. The minimum Gasteiger partial charge on any atom is -0.497 e. The monoisotopic (exact) mass is 439 g/mol. The van der Waals surface area contributed by atoms with E-state index in [1.165, 1.54) is 26.9 Å². The van der Waals surface area contributed by atoms with Crippen molar-refractivity contribution < 1.29 is 9.47 Å². The molecule has 166 valence electrons. The number of anilines is 3. The zero-order valence-corrected chi connectivity index (χ0v) is 19.9. The van der Waals surface area contributed by atoms with E-state index >= 15 is 0 Å². The number of benzene rings is 2. The molecule has 6 heteroatoms. The summed E-state index contributed by atoms with van der Waals surface area (Å²) >= 11 is 1.84. The molecule has 0 bridgehead atoms. The van der Waals surface area contributed by atoms with Gasteiger partial charge in [-0.15, -0.1) is 0 Å². The standard InChI is InChI=1S/C25H33N3O2S/c1-18(2)28-13-14-30-25(17-28)9-11-27(12-10-25)19-5-7-21-23(15-19)31-24-16-20(29-4)6-8-22(24)26(21)3/h5-8,15-16,18H,9-14,17H2,1-4H3. The minimum absolute atomic E-state index is 0.0394. The summed E-state index contributed by atoms with van der Waals surface area (Å²) in [5.74, 6) is 0.906. The van der Waals surface area contributed by atoms with Gasteiger partial charge in [-0.2, -0.15) is 0 Å². The van der Waals surface area contributed by atoms with Crippen LogP contribution in [0.25, 0.3) is 0 Å². The number of hydrogen-bond donors (Lipinski definition) is 0. The van der Waals surface area contributed by atoms with Crippen molar-refractivity contribution in [2.45, 2.75) is 48.1 Å². The van der Waals surface area contributed by atoms with Gasteiger partial charge in [0.1, 0.15) is 5.75 Å². The summed E-state index contributed by atoms with van der Waals surface area (Å²) in [5.41, 5.74) is 3.85. The molecule has 0 aromatic heterocycles. The van der Waals surface area contributed by atoms with Crippen LogP contribution in [0.3, 0.4) is 0 Å². The first kappa shape index (κ1) is 21.0. The SMILES string of the molecule is COc1ccc2c(c1)Sc1cc(N3CCC4(CC3)CN(C(C)C)CCO4)ccc1N2C. The van der Waals surface area contributed by atoms with E-state index in [1.54, 1.807) is 7.11 Å². The summed E-state index contributed by atoms with van der Waals surface area (Å²) in [6.07, 6.45) is 2.20. The summed E-state index contributed by atoms with van der Waals surface area (Å²) in [6.45, 7) is 9.69. The molecule has 5 nitrogen and oxygen atoms in total. The zero-order chi connectivity index (χ0) is 21.6. The van der Waals surface area contributed by atoms with Crippen LogP contribution in [-0.2, 0) is 4.74 Å². The number of hydrogen-bond acceptors (Lipinski definition) is 6. The van der Waals surface area contributed by atoms with Crippen LogP contribution >= 0.6 is 11.8 Å². The van der Waals surface area contributed by atoms with Crippen molar-refractivity contribution in [3.8, 4) is 5.75 Å². The summed E-state index contributed by atoms with van der Waals surface area (Å²) in [7, 11) is 3.87. The van der Waals surface area contributed by atoms with Crippen molar-refractivity contribution in [3.63, 3.8) is 0 Å². The summed E-state index contributed by atoms with van der Waals surface area (Å²) in [5, 5.41) is 0. The molecule has 5 rings (SSSR count). The van der Waals surface area contributed by atoms with E-state index in [2.05, 4.69) is 65.9 Å². The van der Waals surface area contributed by atoms with Crippen LogP contribution in [-0.4, -0.2) is 63.5 Å². The van der Waals surface area contributed by atoms with Gasteiger partial charge in [0.15, 0.2) is 0 Å². The molecule has 3 aliphatic rings. The van der Waals surface area contributed by atoms with Crippen LogP contribution in [0.5, 0.6) is 5.75 Å². The van der Waals surface area contributed by atoms with Crippen molar-refractivity contribution in [2.24, 2.45) is 0 Å². The lowest BCUT2D eigenvalue weighted by atomic mass is 9.88. The minimum atomic E-state index is 0.0394. The van der Waals surface area contributed by atoms with Crippen LogP contribution in [0.2, 0.25) is 0 Å². The smallest absolute Gasteiger partial charge is 0.120 e. The van der Waals surface area contributed by atoms with Crippen LogP contribution in [0.1, 0.15) is 26.7 Å². The Morgan fingerprint density at radius 1 is 1.00 bits per heavy atom. The van der Waals surface area contributed by atoms with E-state index in [4.69, 9.17) is 9.47 Å². The van der Waals surface area contributed by atoms with Crippen LogP contribution in [0.15, 0.2) is 46.2 Å². The molecule has 0 saturated carbocycles. The maximum atomic E-state index is 6.35. The third-order valence-electron chi connectivity index (χ3n) is 7.10. The van der Waals surface area contributed by atoms with Gasteiger partial charge in [-0.25, -0.2) is 0 Å². The third-order valence-corrected chi connectivity index (χ3v) is 8.19. The lowest BCUT2D eigenvalue weighted by molar-refractivity contribution is -0.127. The van der Waals surface area contributed by atoms with E-state index < -0.39 is 0 Å². The first-order chi connectivity index (χ1) is 15.0. The first-order valence-electron chi connectivity index (χ1n) is 11.3. The van der Waals surface area contributed by atoms with Gasteiger partial charge in [0.2, 0.25) is 0 Å². The first-order valence-corrected chi connectivity index (χ1v) is 12.2. The average Bonchev–Trinajstić information content (AvgIpc) is 2.79. The third kappa shape index (κ3) is 3.90. The molecule has 0 unspecified atom stereocenters. The van der Waals surface area contributed by atoms with Gasteiger partial charge in [0.05, 0.1) is 30.7 Å². The highest BCUT2D eigenvalue weighted by Gasteiger charge is 2.40.